The van der Waals surface area contributed by atoms with Crippen LogP contribution in [0.3, 0.4) is 0 Å². The summed E-state index contributed by atoms with van der Waals surface area (Å²) in [6, 6.07) is 0. The molecule has 0 bridgehead atoms. The van der Waals surface area contributed by atoms with Crippen LogP contribution in [0.1, 0.15) is 279 Å². The zero-order valence-corrected chi connectivity index (χ0v) is 39.0. The molecule has 0 N–H and O–H groups in total. The molecule has 6 nitrogen and oxygen atoms in total. The second kappa shape index (κ2) is 44.0. The highest BCUT2D eigenvalue weighted by molar-refractivity contribution is 5.71. The molecular formula is C51H98O6. The van der Waals surface area contributed by atoms with Gasteiger partial charge in [-0.05, 0) is 31.1 Å². The van der Waals surface area contributed by atoms with Crippen molar-refractivity contribution in [1.82, 2.24) is 0 Å². The van der Waals surface area contributed by atoms with Crippen molar-refractivity contribution >= 4 is 17.9 Å². The Morgan fingerprint density at radius 1 is 0.316 bits per heavy atom. The smallest absolute Gasteiger partial charge is 0.306 e. The normalized spacial score (nSPS) is 12.1. The van der Waals surface area contributed by atoms with E-state index in [1.165, 1.54) is 180 Å². The van der Waals surface area contributed by atoms with Crippen LogP contribution >= 0.6 is 0 Å². The fourth-order valence-corrected chi connectivity index (χ4v) is 8.17. The van der Waals surface area contributed by atoms with E-state index < -0.39 is 6.10 Å². The minimum atomic E-state index is -0.769. The van der Waals surface area contributed by atoms with Gasteiger partial charge in [0.15, 0.2) is 6.10 Å². The summed E-state index contributed by atoms with van der Waals surface area (Å²) >= 11 is 0. The topological polar surface area (TPSA) is 78.9 Å². The first-order valence-electron chi connectivity index (χ1n) is 25.4. The van der Waals surface area contributed by atoms with Crippen LogP contribution in [0.15, 0.2) is 0 Å². The molecule has 0 saturated heterocycles. The summed E-state index contributed by atoms with van der Waals surface area (Å²) in [4.78, 5) is 38.5. The molecular weight excluding hydrogens is 709 g/mol. The minimum absolute atomic E-state index is 0.0645. The average molecular weight is 807 g/mol. The van der Waals surface area contributed by atoms with Gasteiger partial charge in [-0.3, -0.25) is 14.4 Å². The average Bonchev–Trinajstić information content (AvgIpc) is 3.21. The van der Waals surface area contributed by atoms with E-state index in [0.717, 1.165) is 56.8 Å². The highest BCUT2D eigenvalue weighted by Crippen LogP contribution is 2.25. The number of unbranched alkanes of at least 4 members (excludes halogenated alkanes) is 22. The molecule has 0 aliphatic heterocycles. The van der Waals surface area contributed by atoms with Crippen LogP contribution in [-0.4, -0.2) is 37.2 Å². The zero-order chi connectivity index (χ0) is 41.9. The largest absolute Gasteiger partial charge is 0.462 e. The molecule has 1 unspecified atom stereocenters. The third-order valence-corrected chi connectivity index (χ3v) is 12.0. The van der Waals surface area contributed by atoms with Crippen molar-refractivity contribution in [1.29, 1.82) is 0 Å². The maximum atomic E-state index is 13.0. The van der Waals surface area contributed by atoms with Gasteiger partial charge in [-0.1, -0.05) is 240 Å². The molecule has 57 heavy (non-hydrogen) atoms. The molecule has 1 atom stereocenters. The molecule has 0 aliphatic rings. The van der Waals surface area contributed by atoms with Gasteiger partial charge in [0.25, 0.3) is 0 Å². The summed E-state index contributed by atoms with van der Waals surface area (Å²) in [7, 11) is 0. The molecule has 0 spiro atoms. The van der Waals surface area contributed by atoms with Gasteiger partial charge in [-0.2, -0.15) is 0 Å². The summed E-state index contributed by atoms with van der Waals surface area (Å²) in [5.41, 5.74) is 0. The molecule has 0 aromatic rings. The van der Waals surface area contributed by atoms with Crippen LogP contribution < -0.4 is 0 Å². The quantitative estimate of drug-likeness (QED) is 0.0346. The third kappa shape index (κ3) is 39.6. The second-order valence-electron chi connectivity index (χ2n) is 17.7. The molecule has 0 heterocycles. The van der Waals surface area contributed by atoms with Crippen molar-refractivity contribution < 1.29 is 28.6 Å². The van der Waals surface area contributed by atoms with Crippen LogP contribution in [0.4, 0.5) is 0 Å². The Morgan fingerprint density at radius 2 is 0.561 bits per heavy atom. The van der Waals surface area contributed by atoms with Crippen molar-refractivity contribution in [2.45, 2.75) is 285 Å². The monoisotopic (exact) mass is 807 g/mol. The van der Waals surface area contributed by atoms with Gasteiger partial charge in [0.1, 0.15) is 13.2 Å². The summed E-state index contributed by atoms with van der Waals surface area (Å²) in [5.74, 6) is 0.676. The Labute approximate surface area is 355 Å². The fourth-order valence-electron chi connectivity index (χ4n) is 8.17. The maximum Gasteiger partial charge on any atom is 0.306 e. The van der Waals surface area contributed by atoms with Crippen LogP contribution in [0, 0.1) is 11.8 Å². The lowest BCUT2D eigenvalue weighted by Gasteiger charge is -2.19. The Morgan fingerprint density at radius 3 is 0.895 bits per heavy atom. The van der Waals surface area contributed by atoms with Gasteiger partial charge >= 0.3 is 17.9 Å². The molecule has 0 fully saturated rings. The number of carbonyl (C=O) groups is 3. The lowest BCUT2D eigenvalue weighted by atomic mass is 9.90. The second-order valence-corrected chi connectivity index (χ2v) is 17.7. The summed E-state index contributed by atoms with van der Waals surface area (Å²) in [6.07, 6.45) is 43.1. The summed E-state index contributed by atoms with van der Waals surface area (Å²) < 4.78 is 17.0. The third-order valence-electron chi connectivity index (χ3n) is 12.0. The molecule has 0 aromatic heterocycles. The number of carbonyl (C=O) groups excluding carboxylic acids is 3. The first kappa shape index (κ1) is 55.4. The van der Waals surface area contributed by atoms with E-state index in [-0.39, 0.29) is 31.1 Å². The molecule has 0 amide bonds. The summed E-state index contributed by atoms with van der Waals surface area (Å²) in [6.45, 7) is 11.2. The molecule has 0 aliphatic carbocycles. The predicted octanol–water partition coefficient (Wildman–Crippen LogP) is 16.1. The fraction of sp³-hybridized carbons (Fsp3) is 0.941. The molecule has 6 heteroatoms. The van der Waals surface area contributed by atoms with Gasteiger partial charge < -0.3 is 14.2 Å². The van der Waals surface area contributed by atoms with E-state index in [1.54, 1.807) is 0 Å². The van der Waals surface area contributed by atoms with Gasteiger partial charge in [0.05, 0.1) is 0 Å². The molecule has 0 radical (unpaired) electrons. The summed E-state index contributed by atoms with van der Waals surface area (Å²) in [5, 5.41) is 0. The molecule has 0 rings (SSSR count). The Kier molecular flexibility index (Phi) is 42.7. The predicted molar refractivity (Wildman–Crippen MR) is 243 cm³/mol. The Bertz CT molecular complexity index is 850. The number of ether oxygens (including phenoxy) is 3. The lowest BCUT2D eigenvalue weighted by molar-refractivity contribution is -0.167. The Hall–Kier alpha value is -1.59. The number of esters is 3. The molecule has 0 saturated carbocycles. The highest BCUT2D eigenvalue weighted by Gasteiger charge is 2.20. The van der Waals surface area contributed by atoms with Crippen LogP contribution in [0.2, 0.25) is 0 Å². The minimum Gasteiger partial charge on any atom is -0.462 e. The van der Waals surface area contributed by atoms with Crippen LogP contribution in [0.5, 0.6) is 0 Å². The van der Waals surface area contributed by atoms with E-state index in [9.17, 15) is 14.4 Å². The van der Waals surface area contributed by atoms with Crippen molar-refractivity contribution in [2.75, 3.05) is 13.2 Å². The number of hydrogen-bond donors (Lipinski definition) is 0. The molecule has 0 aromatic carbocycles. The van der Waals surface area contributed by atoms with Crippen molar-refractivity contribution in [3.05, 3.63) is 0 Å². The first-order chi connectivity index (χ1) is 27.9. The van der Waals surface area contributed by atoms with Crippen LogP contribution in [0.25, 0.3) is 0 Å². The highest BCUT2D eigenvalue weighted by atomic mass is 16.6. The Balaban J connectivity index is 4.93. The van der Waals surface area contributed by atoms with Gasteiger partial charge in [-0.15, -0.1) is 0 Å². The van der Waals surface area contributed by atoms with Gasteiger partial charge in [0, 0.05) is 19.3 Å². The zero-order valence-electron chi connectivity index (χ0n) is 39.0. The van der Waals surface area contributed by atoms with Crippen molar-refractivity contribution in [2.24, 2.45) is 11.8 Å². The maximum absolute atomic E-state index is 13.0. The van der Waals surface area contributed by atoms with Gasteiger partial charge in [-0.25, -0.2) is 0 Å². The van der Waals surface area contributed by atoms with Crippen molar-refractivity contribution in [3.63, 3.8) is 0 Å². The van der Waals surface area contributed by atoms with E-state index in [1.807, 2.05) is 0 Å². The first-order valence-corrected chi connectivity index (χ1v) is 25.4. The SMILES string of the molecule is CCCCCCCCCCCC(=O)OCC(COC(=O)CCCCC(CCCCCC)CCCCCC)OC(=O)CCCCC(CCCCCC)CCCCCC. The van der Waals surface area contributed by atoms with E-state index in [0.29, 0.717) is 19.3 Å². The molecule has 338 valence electrons. The van der Waals surface area contributed by atoms with Gasteiger partial charge in [0.2, 0.25) is 0 Å². The van der Waals surface area contributed by atoms with Crippen molar-refractivity contribution in [3.8, 4) is 0 Å². The number of hydrogen-bond acceptors (Lipinski definition) is 6. The lowest BCUT2D eigenvalue weighted by Crippen LogP contribution is -2.30. The van der Waals surface area contributed by atoms with Crippen LogP contribution in [-0.2, 0) is 28.6 Å². The van der Waals surface area contributed by atoms with E-state index >= 15 is 0 Å². The standard InChI is InChI=1S/C51H98O6/c1-6-11-16-21-22-23-24-25-30-41-49(52)55-44-48(57-51(54)43-34-32-40-47(37-28-19-14-9-4)38-29-20-15-10-5)45-56-50(53)42-33-31-39-46(35-26-17-12-7-2)36-27-18-13-8-3/h46-48H,6-45H2,1-5H3. The van der Waals surface area contributed by atoms with E-state index in [2.05, 4.69) is 34.6 Å². The number of rotatable bonds is 45. The van der Waals surface area contributed by atoms with E-state index in [4.69, 9.17) is 14.2 Å².